The summed E-state index contributed by atoms with van der Waals surface area (Å²) in [5.74, 6) is -2.81. The van der Waals surface area contributed by atoms with Crippen LogP contribution in [0.15, 0.2) is 71.6 Å². The number of benzene rings is 3. The van der Waals surface area contributed by atoms with Gasteiger partial charge in [0.15, 0.2) is 0 Å². The molecule has 34 heavy (non-hydrogen) atoms. The van der Waals surface area contributed by atoms with Gasteiger partial charge in [-0.3, -0.25) is 4.90 Å². The van der Waals surface area contributed by atoms with E-state index in [1.54, 1.807) is 23.5 Å². The molecule has 3 aromatic rings. The van der Waals surface area contributed by atoms with Gasteiger partial charge >= 0.3 is 11.9 Å². The normalized spacial score (nSPS) is 14.7. The van der Waals surface area contributed by atoms with Crippen molar-refractivity contribution in [3.05, 3.63) is 72.3 Å². The molecule has 180 valence electrons. The fourth-order valence-corrected chi connectivity index (χ4v) is 5.09. The predicted octanol–water partition coefficient (Wildman–Crippen LogP) is 2.51. The van der Waals surface area contributed by atoms with Crippen LogP contribution in [0.4, 0.5) is 0 Å². The van der Waals surface area contributed by atoms with E-state index in [0.29, 0.717) is 31.1 Å². The molecule has 9 nitrogen and oxygen atoms in total. The van der Waals surface area contributed by atoms with E-state index in [2.05, 4.69) is 11.0 Å². The van der Waals surface area contributed by atoms with Crippen LogP contribution in [0.3, 0.4) is 0 Å². The summed E-state index contributed by atoms with van der Waals surface area (Å²) in [6.07, 6.45) is 0. The van der Waals surface area contributed by atoms with E-state index in [4.69, 9.17) is 24.5 Å². The number of methoxy groups -OCH3 is 1. The van der Waals surface area contributed by atoms with Crippen molar-refractivity contribution in [3.8, 4) is 5.75 Å². The molecular weight excluding hydrogens is 460 g/mol. The van der Waals surface area contributed by atoms with Crippen molar-refractivity contribution in [1.82, 2.24) is 9.21 Å². The van der Waals surface area contributed by atoms with Crippen molar-refractivity contribution in [2.75, 3.05) is 33.3 Å². The van der Waals surface area contributed by atoms with Gasteiger partial charge in [0.2, 0.25) is 10.0 Å². The van der Waals surface area contributed by atoms with Gasteiger partial charge in [0, 0.05) is 32.7 Å². The van der Waals surface area contributed by atoms with Gasteiger partial charge in [0.25, 0.3) is 0 Å². The van der Waals surface area contributed by atoms with Gasteiger partial charge in [0.05, 0.1) is 12.0 Å². The summed E-state index contributed by atoms with van der Waals surface area (Å²) >= 11 is 0. The maximum absolute atomic E-state index is 13.1. The summed E-state index contributed by atoms with van der Waals surface area (Å²) in [5, 5.41) is 16.8. The van der Waals surface area contributed by atoms with E-state index in [0.717, 1.165) is 23.1 Å². The van der Waals surface area contributed by atoms with Crippen molar-refractivity contribution in [2.45, 2.75) is 11.4 Å². The summed E-state index contributed by atoms with van der Waals surface area (Å²) in [7, 11) is -1.81. The van der Waals surface area contributed by atoms with Gasteiger partial charge in [-0.25, -0.2) is 18.0 Å². The molecule has 0 aromatic heterocycles. The predicted molar refractivity (Wildman–Crippen MR) is 126 cm³/mol. The van der Waals surface area contributed by atoms with E-state index in [1.807, 2.05) is 48.5 Å². The van der Waals surface area contributed by atoms with Crippen LogP contribution in [0, 0.1) is 0 Å². The van der Waals surface area contributed by atoms with Crippen LogP contribution in [0.1, 0.15) is 5.56 Å². The molecule has 0 spiro atoms. The standard InChI is InChI=1S/C22H24N2O3S.C2H2O4/c1-27-21-8-4-5-18(15-21)17-23-11-13-24(14-12-23)28(25,26)22-10-9-19-6-2-3-7-20(19)16-22;3-1(4)2(5)6/h2-10,15-16H,11-14,17H2,1H3;(H,3,4)(H,5,6). The summed E-state index contributed by atoms with van der Waals surface area (Å²) in [6, 6.07) is 21.2. The zero-order valence-electron chi connectivity index (χ0n) is 18.6. The highest BCUT2D eigenvalue weighted by molar-refractivity contribution is 7.89. The number of nitrogens with zero attached hydrogens (tertiary/aromatic N) is 2. The molecule has 1 fully saturated rings. The van der Waals surface area contributed by atoms with Crippen LogP contribution in [-0.4, -0.2) is 73.1 Å². The second kappa shape index (κ2) is 11.1. The first-order chi connectivity index (χ1) is 16.2. The first-order valence-corrected chi connectivity index (χ1v) is 11.9. The van der Waals surface area contributed by atoms with E-state index in [-0.39, 0.29) is 0 Å². The number of rotatable bonds is 5. The summed E-state index contributed by atoms with van der Waals surface area (Å²) < 4.78 is 33.0. The lowest BCUT2D eigenvalue weighted by molar-refractivity contribution is -0.159. The molecule has 10 heteroatoms. The second-order valence-corrected chi connectivity index (χ2v) is 9.59. The van der Waals surface area contributed by atoms with Crippen molar-refractivity contribution in [1.29, 1.82) is 0 Å². The number of aliphatic carboxylic acids is 2. The Balaban J connectivity index is 0.000000481. The van der Waals surface area contributed by atoms with Crippen molar-refractivity contribution in [2.24, 2.45) is 0 Å². The molecule has 2 N–H and O–H groups in total. The Morgan fingerprint density at radius 2 is 1.50 bits per heavy atom. The zero-order chi connectivity index (χ0) is 24.7. The van der Waals surface area contributed by atoms with E-state index < -0.39 is 22.0 Å². The quantitative estimate of drug-likeness (QED) is 0.527. The van der Waals surface area contributed by atoms with Gasteiger partial charge in [0.1, 0.15) is 5.75 Å². The number of hydrogen-bond acceptors (Lipinski definition) is 6. The molecule has 0 saturated carbocycles. The largest absolute Gasteiger partial charge is 0.497 e. The Labute approximate surface area is 197 Å². The third-order valence-electron chi connectivity index (χ3n) is 5.41. The minimum atomic E-state index is -3.47. The van der Waals surface area contributed by atoms with Crippen LogP contribution >= 0.6 is 0 Å². The summed E-state index contributed by atoms with van der Waals surface area (Å²) in [6.45, 7) is 3.22. The topological polar surface area (TPSA) is 124 Å². The highest BCUT2D eigenvalue weighted by Crippen LogP contribution is 2.23. The van der Waals surface area contributed by atoms with E-state index in [9.17, 15) is 8.42 Å². The molecule has 0 aliphatic carbocycles. The molecule has 1 saturated heterocycles. The highest BCUT2D eigenvalue weighted by Gasteiger charge is 2.28. The van der Waals surface area contributed by atoms with E-state index >= 15 is 0 Å². The highest BCUT2D eigenvalue weighted by atomic mass is 32.2. The van der Waals surface area contributed by atoms with Crippen LogP contribution in [0.5, 0.6) is 5.75 Å². The number of carboxylic acid groups (broad SMARTS) is 2. The van der Waals surface area contributed by atoms with Gasteiger partial charge in [-0.2, -0.15) is 4.31 Å². The number of carbonyl (C=O) groups is 2. The molecule has 0 unspecified atom stereocenters. The number of carboxylic acids is 2. The summed E-state index contributed by atoms with van der Waals surface area (Å²) in [4.78, 5) is 20.8. The minimum absolute atomic E-state index is 0.368. The first kappa shape index (κ1) is 25.2. The molecule has 0 amide bonds. The Bertz CT molecular complexity index is 1260. The van der Waals surface area contributed by atoms with Gasteiger partial charge < -0.3 is 14.9 Å². The fourth-order valence-electron chi connectivity index (χ4n) is 3.63. The summed E-state index contributed by atoms with van der Waals surface area (Å²) in [5.41, 5.74) is 1.17. The van der Waals surface area contributed by atoms with Crippen LogP contribution in [-0.2, 0) is 26.2 Å². The second-order valence-electron chi connectivity index (χ2n) is 7.65. The molecule has 1 aliphatic rings. The number of hydrogen-bond donors (Lipinski definition) is 2. The fraction of sp³-hybridized carbons (Fsp3) is 0.250. The molecule has 4 rings (SSSR count). The molecule has 1 aliphatic heterocycles. The maximum Gasteiger partial charge on any atom is 0.414 e. The first-order valence-electron chi connectivity index (χ1n) is 10.5. The van der Waals surface area contributed by atoms with Crippen molar-refractivity contribution in [3.63, 3.8) is 0 Å². The lowest BCUT2D eigenvalue weighted by atomic mass is 10.1. The van der Waals surface area contributed by atoms with Crippen molar-refractivity contribution >= 4 is 32.7 Å². The van der Waals surface area contributed by atoms with Crippen LogP contribution in [0.25, 0.3) is 10.8 Å². The van der Waals surface area contributed by atoms with Crippen LogP contribution in [0.2, 0.25) is 0 Å². The number of sulfonamides is 1. The molecular formula is C24H26N2O7S. The number of ether oxygens (including phenoxy) is 1. The minimum Gasteiger partial charge on any atom is -0.497 e. The third kappa shape index (κ3) is 6.31. The zero-order valence-corrected chi connectivity index (χ0v) is 19.4. The SMILES string of the molecule is COc1cccc(CN2CCN(S(=O)(=O)c3ccc4ccccc4c3)CC2)c1.O=C(O)C(=O)O. The molecule has 1 heterocycles. The molecule has 0 atom stereocenters. The Kier molecular flexibility index (Phi) is 8.21. The van der Waals surface area contributed by atoms with Crippen LogP contribution < -0.4 is 4.74 Å². The van der Waals surface area contributed by atoms with E-state index in [1.165, 1.54) is 5.56 Å². The van der Waals surface area contributed by atoms with Gasteiger partial charge in [-0.1, -0.05) is 42.5 Å². The Hall–Kier alpha value is -3.47. The molecule has 0 radical (unpaired) electrons. The average molecular weight is 487 g/mol. The Morgan fingerprint density at radius 3 is 2.12 bits per heavy atom. The lowest BCUT2D eigenvalue weighted by Crippen LogP contribution is -2.48. The molecule has 3 aromatic carbocycles. The average Bonchev–Trinajstić information content (AvgIpc) is 2.84. The maximum atomic E-state index is 13.1. The van der Waals surface area contributed by atoms with Crippen molar-refractivity contribution < 1.29 is 33.0 Å². The number of piperazine rings is 1. The molecule has 0 bridgehead atoms. The van der Waals surface area contributed by atoms with Gasteiger partial charge in [-0.15, -0.1) is 0 Å². The third-order valence-corrected chi connectivity index (χ3v) is 7.31. The lowest BCUT2D eigenvalue weighted by Gasteiger charge is -2.34. The smallest absolute Gasteiger partial charge is 0.414 e. The number of fused-ring (bicyclic) bond motifs is 1. The monoisotopic (exact) mass is 486 g/mol. The van der Waals surface area contributed by atoms with Gasteiger partial charge in [-0.05, 0) is 40.6 Å². The Morgan fingerprint density at radius 1 is 0.853 bits per heavy atom.